The van der Waals surface area contributed by atoms with E-state index in [9.17, 15) is 4.79 Å². The Morgan fingerprint density at radius 3 is 3.00 bits per heavy atom. The molecule has 0 fully saturated rings. The van der Waals surface area contributed by atoms with E-state index >= 15 is 0 Å². The SMILES string of the molecule is C#CCCC1(CCNC(=O)CCc2ccc3ocnc3c2)N=N1. The molecule has 0 saturated heterocycles. The van der Waals surface area contributed by atoms with Crippen molar-refractivity contribution < 1.29 is 9.21 Å². The first-order valence-electron chi connectivity index (χ1n) is 7.67. The number of benzene rings is 1. The van der Waals surface area contributed by atoms with Crippen molar-refractivity contribution in [2.45, 2.75) is 37.8 Å². The number of carbonyl (C=O) groups is 1. The van der Waals surface area contributed by atoms with Gasteiger partial charge in [-0.25, -0.2) is 4.98 Å². The van der Waals surface area contributed by atoms with Gasteiger partial charge in [-0.05, 0) is 24.1 Å². The van der Waals surface area contributed by atoms with Crippen LogP contribution in [0.5, 0.6) is 0 Å². The zero-order valence-electron chi connectivity index (χ0n) is 12.8. The average molecular weight is 310 g/mol. The number of aromatic nitrogens is 1. The Kier molecular flexibility index (Phi) is 4.38. The molecule has 0 atom stereocenters. The van der Waals surface area contributed by atoms with Crippen LogP contribution in [0.3, 0.4) is 0 Å². The molecule has 1 aromatic carbocycles. The first kappa shape index (κ1) is 15.2. The molecule has 23 heavy (non-hydrogen) atoms. The molecule has 0 bridgehead atoms. The molecule has 1 aliphatic heterocycles. The van der Waals surface area contributed by atoms with Gasteiger partial charge in [0.2, 0.25) is 5.91 Å². The molecule has 6 nitrogen and oxygen atoms in total. The fraction of sp³-hybridized carbons (Fsp3) is 0.412. The Labute approximate surface area is 134 Å². The van der Waals surface area contributed by atoms with Crippen molar-refractivity contribution in [3.63, 3.8) is 0 Å². The van der Waals surface area contributed by atoms with E-state index in [0.29, 0.717) is 32.2 Å². The summed E-state index contributed by atoms with van der Waals surface area (Å²) in [6.45, 7) is 0.568. The van der Waals surface area contributed by atoms with E-state index in [1.165, 1.54) is 6.39 Å². The standard InChI is InChI=1S/C17H18N4O2/c1-2-3-8-17(20-21-17)9-10-18-16(22)7-5-13-4-6-15-14(11-13)19-12-23-15/h1,4,6,11-12H,3,5,7-10H2,(H,18,22). The van der Waals surface area contributed by atoms with Gasteiger partial charge in [0.25, 0.3) is 0 Å². The first-order valence-corrected chi connectivity index (χ1v) is 7.67. The molecule has 1 aliphatic rings. The highest BCUT2D eigenvalue weighted by molar-refractivity contribution is 5.77. The molecule has 2 aromatic rings. The van der Waals surface area contributed by atoms with Crippen molar-refractivity contribution in [2.24, 2.45) is 10.2 Å². The van der Waals surface area contributed by atoms with Crippen LogP contribution in [0.1, 0.15) is 31.2 Å². The number of hydrogen-bond acceptors (Lipinski definition) is 5. The van der Waals surface area contributed by atoms with E-state index in [-0.39, 0.29) is 11.6 Å². The smallest absolute Gasteiger partial charge is 0.220 e. The lowest BCUT2D eigenvalue weighted by molar-refractivity contribution is -0.121. The number of aryl methyl sites for hydroxylation is 1. The summed E-state index contributed by atoms with van der Waals surface area (Å²) in [6.07, 6.45) is 9.92. The molecule has 6 heteroatoms. The number of hydrogen-bond donors (Lipinski definition) is 1. The highest BCUT2D eigenvalue weighted by Crippen LogP contribution is 2.35. The van der Waals surface area contributed by atoms with Crippen LogP contribution in [-0.2, 0) is 11.2 Å². The monoisotopic (exact) mass is 310 g/mol. The van der Waals surface area contributed by atoms with Crippen LogP contribution in [0.4, 0.5) is 0 Å². The van der Waals surface area contributed by atoms with Crippen LogP contribution >= 0.6 is 0 Å². The third-order valence-corrected chi connectivity index (χ3v) is 3.94. The van der Waals surface area contributed by atoms with Crippen LogP contribution in [0.15, 0.2) is 39.2 Å². The number of nitrogens with zero attached hydrogens (tertiary/aromatic N) is 3. The molecular weight excluding hydrogens is 292 g/mol. The number of rotatable bonds is 8. The largest absolute Gasteiger partial charge is 0.443 e. The fourth-order valence-electron chi connectivity index (χ4n) is 2.48. The van der Waals surface area contributed by atoms with Gasteiger partial charge in [0.15, 0.2) is 17.6 Å². The minimum absolute atomic E-state index is 0.0259. The van der Waals surface area contributed by atoms with Gasteiger partial charge in [-0.1, -0.05) is 6.07 Å². The van der Waals surface area contributed by atoms with Crippen molar-refractivity contribution >= 4 is 17.0 Å². The number of fused-ring (bicyclic) bond motifs is 1. The molecule has 1 aromatic heterocycles. The Bertz CT molecular complexity index is 766. The summed E-state index contributed by atoms with van der Waals surface area (Å²) in [5, 5.41) is 11.0. The third-order valence-electron chi connectivity index (χ3n) is 3.94. The van der Waals surface area contributed by atoms with Gasteiger partial charge in [-0.2, -0.15) is 10.2 Å². The van der Waals surface area contributed by atoms with Crippen molar-refractivity contribution in [1.29, 1.82) is 0 Å². The maximum absolute atomic E-state index is 11.9. The summed E-state index contributed by atoms with van der Waals surface area (Å²) in [7, 11) is 0. The van der Waals surface area contributed by atoms with E-state index in [1.54, 1.807) is 0 Å². The molecule has 3 rings (SSSR count). The van der Waals surface area contributed by atoms with Crippen LogP contribution in [0.25, 0.3) is 11.1 Å². The molecule has 0 aliphatic carbocycles. The van der Waals surface area contributed by atoms with E-state index in [4.69, 9.17) is 10.8 Å². The first-order chi connectivity index (χ1) is 11.2. The maximum atomic E-state index is 11.9. The zero-order valence-corrected chi connectivity index (χ0v) is 12.8. The quantitative estimate of drug-likeness (QED) is 0.761. The van der Waals surface area contributed by atoms with Gasteiger partial charge in [0, 0.05) is 32.2 Å². The second kappa shape index (κ2) is 6.61. The summed E-state index contributed by atoms with van der Waals surface area (Å²) in [5.41, 5.74) is 2.31. The maximum Gasteiger partial charge on any atom is 0.220 e. The topological polar surface area (TPSA) is 79.9 Å². The Balaban J connectivity index is 1.39. The second-order valence-corrected chi connectivity index (χ2v) is 5.64. The van der Waals surface area contributed by atoms with Gasteiger partial charge >= 0.3 is 0 Å². The second-order valence-electron chi connectivity index (χ2n) is 5.64. The summed E-state index contributed by atoms with van der Waals surface area (Å²) >= 11 is 0. The highest BCUT2D eigenvalue weighted by Gasteiger charge is 2.38. The summed E-state index contributed by atoms with van der Waals surface area (Å²) < 4.78 is 5.20. The van der Waals surface area contributed by atoms with E-state index in [0.717, 1.165) is 23.1 Å². The zero-order chi connectivity index (χ0) is 16.1. The number of nitrogens with one attached hydrogen (secondary N) is 1. The van der Waals surface area contributed by atoms with Gasteiger partial charge in [-0.3, -0.25) is 4.79 Å². The van der Waals surface area contributed by atoms with Crippen LogP contribution < -0.4 is 5.32 Å². The molecule has 0 saturated carbocycles. The summed E-state index contributed by atoms with van der Waals surface area (Å²) in [6, 6.07) is 5.78. The molecule has 0 unspecified atom stereocenters. The van der Waals surface area contributed by atoms with Crippen molar-refractivity contribution in [1.82, 2.24) is 10.3 Å². The number of terminal acetylenes is 1. The summed E-state index contributed by atoms with van der Waals surface area (Å²) in [5.74, 6) is 2.62. The van der Waals surface area contributed by atoms with Crippen LogP contribution in [0.2, 0.25) is 0 Å². The Hall–Kier alpha value is -2.68. The molecule has 1 N–H and O–H groups in total. The molecule has 0 spiro atoms. The predicted molar refractivity (Wildman–Crippen MR) is 85.6 cm³/mol. The average Bonchev–Trinajstić information content (AvgIpc) is 3.17. The lowest BCUT2D eigenvalue weighted by Gasteiger charge is -2.09. The molecule has 0 radical (unpaired) electrons. The lowest BCUT2D eigenvalue weighted by Crippen LogP contribution is -2.28. The van der Waals surface area contributed by atoms with Crippen molar-refractivity contribution in [3.8, 4) is 12.3 Å². The van der Waals surface area contributed by atoms with Gasteiger partial charge in [0.1, 0.15) is 5.52 Å². The van der Waals surface area contributed by atoms with Gasteiger partial charge < -0.3 is 9.73 Å². The normalized spacial score (nSPS) is 14.6. The molecule has 1 amide bonds. The van der Waals surface area contributed by atoms with Crippen molar-refractivity contribution in [3.05, 3.63) is 30.2 Å². The summed E-state index contributed by atoms with van der Waals surface area (Å²) in [4.78, 5) is 16.0. The minimum atomic E-state index is -0.336. The Morgan fingerprint density at radius 2 is 2.22 bits per heavy atom. The molecule has 118 valence electrons. The Morgan fingerprint density at radius 1 is 1.35 bits per heavy atom. The van der Waals surface area contributed by atoms with Gasteiger partial charge in [0.05, 0.1) is 0 Å². The number of amides is 1. The van der Waals surface area contributed by atoms with E-state index in [2.05, 4.69) is 26.4 Å². The number of oxazole rings is 1. The third kappa shape index (κ3) is 3.95. The predicted octanol–water partition coefficient (Wildman–Crippen LogP) is 2.84. The van der Waals surface area contributed by atoms with Crippen molar-refractivity contribution in [2.75, 3.05) is 6.54 Å². The number of carbonyl (C=O) groups excluding carboxylic acids is 1. The molecule has 2 heterocycles. The minimum Gasteiger partial charge on any atom is -0.443 e. The lowest BCUT2D eigenvalue weighted by atomic mass is 10.0. The van der Waals surface area contributed by atoms with Gasteiger partial charge in [-0.15, -0.1) is 12.3 Å². The molecular formula is C17H18N4O2. The van der Waals surface area contributed by atoms with E-state index in [1.807, 2.05) is 18.2 Å². The fourth-order valence-corrected chi connectivity index (χ4v) is 2.48. The van der Waals surface area contributed by atoms with Crippen LogP contribution in [-0.4, -0.2) is 23.1 Å². The van der Waals surface area contributed by atoms with E-state index < -0.39 is 0 Å². The highest BCUT2D eigenvalue weighted by atomic mass is 16.3. The van der Waals surface area contributed by atoms with Crippen LogP contribution in [0, 0.1) is 12.3 Å².